The van der Waals surface area contributed by atoms with Gasteiger partial charge in [0.2, 0.25) is 0 Å². The van der Waals surface area contributed by atoms with E-state index >= 15 is 0 Å². The summed E-state index contributed by atoms with van der Waals surface area (Å²) in [6.07, 6.45) is 3.69. The number of halogens is 1. The molecular weight excluding hydrogens is 292 g/mol. The molecule has 1 aromatic carbocycles. The average Bonchev–Trinajstić information content (AvgIpc) is 2.74. The van der Waals surface area contributed by atoms with E-state index in [4.69, 9.17) is 0 Å². The molecule has 1 heterocycles. The van der Waals surface area contributed by atoms with Gasteiger partial charge in [-0.3, -0.25) is 0 Å². The van der Waals surface area contributed by atoms with Gasteiger partial charge >= 0.3 is 0 Å². The maximum atomic E-state index is 9.20. The van der Waals surface area contributed by atoms with E-state index in [9.17, 15) is 5.26 Å². The molecule has 0 aliphatic carbocycles. The molecule has 2 aromatic rings. The Labute approximate surface area is 115 Å². The second kappa shape index (κ2) is 5.23. The maximum absolute atomic E-state index is 9.20. The van der Waals surface area contributed by atoms with Crippen molar-refractivity contribution in [2.24, 2.45) is 7.05 Å². The number of imidazole rings is 1. The van der Waals surface area contributed by atoms with Crippen LogP contribution in [0, 0.1) is 11.3 Å². The summed E-state index contributed by atoms with van der Waals surface area (Å²) < 4.78 is 2.79. The monoisotopic (exact) mass is 304 g/mol. The molecule has 92 valence electrons. The number of nitriles is 1. The van der Waals surface area contributed by atoms with Crippen LogP contribution in [0.4, 0.5) is 5.69 Å². The number of hydrogen-bond donors (Lipinski definition) is 0. The van der Waals surface area contributed by atoms with Gasteiger partial charge in [-0.15, -0.1) is 0 Å². The predicted octanol–water partition coefficient (Wildman–Crippen LogP) is 2.69. The fourth-order valence-electron chi connectivity index (χ4n) is 1.79. The van der Waals surface area contributed by atoms with Gasteiger partial charge in [-0.05, 0) is 28.1 Å². The summed E-state index contributed by atoms with van der Waals surface area (Å²) in [7, 11) is 3.92. The van der Waals surface area contributed by atoms with Crippen LogP contribution in [0.1, 0.15) is 11.4 Å². The summed E-state index contributed by atoms with van der Waals surface area (Å²) in [4.78, 5) is 6.31. The molecule has 0 saturated heterocycles. The smallest absolute Gasteiger partial charge is 0.127 e. The van der Waals surface area contributed by atoms with Crippen molar-refractivity contribution in [2.45, 2.75) is 6.54 Å². The van der Waals surface area contributed by atoms with Crippen LogP contribution in [0.25, 0.3) is 0 Å². The van der Waals surface area contributed by atoms with Crippen LogP contribution >= 0.6 is 15.9 Å². The molecule has 0 bridgehead atoms. The number of aryl methyl sites for hydroxylation is 1. The first-order valence-electron chi connectivity index (χ1n) is 5.49. The molecule has 0 N–H and O–H groups in total. The van der Waals surface area contributed by atoms with E-state index < -0.39 is 0 Å². The van der Waals surface area contributed by atoms with E-state index in [0.29, 0.717) is 12.1 Å². The fraction of sp³-hybridized carbons (Fsp3) is 0.231. The molecule has 1 aromatic heterocycles. The summed E-state index contributed by atoms with van der Waals surface area (Å²) in [5, 5.41) is 9.20. The van der Waals surface area contributed by atoms with E-state index in [1.165, 1.54) is 0 Å². The highest BCUT2D eigenvalue weighted by atomic mass is 79.9. The SMILES string of the molecule is CN(Cc1nccn1C)c1cccc(Br)c1C#N. The van der Waals surface area contributed by atoms with Gasteiger partial charge in [0.05, 0.1) is 17.8 Å². The summed E-state index contributed by atoms with van der Waals surface area (Å²) >= 11 is 3.40. The second-order valence-corrected chi connectivity index (χ2v) is 4.91. The lowest BCUT2D eigenvalue weighted by Gasteiger charge is -2.20. The van der Waals surface area contributed by atoms with Crippen molar-refractivity contribution < 1.29 is 0 Å². The van der Waals surface area contributed by atoms with Crippen molar-refractivity contribution in [1.82, 2.24) is 9.55 Å². The molecule has 0 fully saturated rings. The highest BCUT2D eigenvalue weighted by molar-refractivity contribution is 9.10. The van der Waals surface area contributed by atoms with Gasteiger partial charge in [0.1, 0.15) is 11.9 Å². The lowest BCUT2D eigenvalue weighted by atomic mass is 10.2. The first kappa shape index (κ1) is 12.7. The van der Waals surface area contributed by atoms with Crippen LogP contribution in [0.3, 0.4) is 0 Å². The minimum absolute atomic E-state index is 0.647. The molecule has 0 aliphatic heterocycles. The Morgan fingerprint density at radius 2 is 2.28 bits per heavy atom. The van der Waals surface area contributed by atoms with Crippen molar-refractivity contribution in [1.29, 1.82) is 5.26 Å². The topological polar surface area (TPSA) is 44.9 Å². The predicted molar refractivity (Wildman–Crippen MR) is 74.2 cm³/mol. The molecule has 5 heteroatoms. The minimum atomic E-state index is 0.647. The highest BCUT2D eigenvalue weighted by Crippen LogP contribution is 2.27. The van der Waals surface area contributed by atoms with Gasteiger partial charge in [-0.2, -0.15) is 5.26 Å². The molecule has 0 amide bonds. The molecule has 0 spiro atoms. The zero-order chi connectivity index (χ0) is 13.1. The third kappa shape index (κ3) is 2.39. The number of rotatable bonds is 3. The summed E-state index contributed by atoms with van der Waals surface area (Å²) in [6.45, 7) is 0.661. The molecule has 0 saturated carbocycles. The average molecular weight is 305 g/mol. The van der Waals surface area contributed by atoms with E-state index in [1.54, 1.807) is 6.20 Å². The Hall–Kier alpha value is -1.80. The Bertz CT molecular complexity index is 597. The van der Waals surface area contributed by atoms with Gasteiger partial charge in [0.15, 0.2) is 0 Å². The molecule has 2 rings (SSSR count). The summed E-state index contributed by atoms with van der Waals surface area (Å²) in [5.41, 5.74) is 1.55. The number of hydrogen-bond acceptors (Lipinski definition) is 3. The zero-order valence-electron chi connectivity index (χ0n) is 10.3. The molecule has 0 unspecified atom stereocenters. The standard InChI is InChI=1S/C13H13BrN4/c1-17-7-6-16-13(17)9-18(2)12-5-3-4-11(14)10(12)8-15/h3-7H,9H2,1-2H3. The van der Waals surface area contributed by atoms with Crippen LogP contribution in [-0.4, -0.2) is 16.6 Å². The molecule has 18 heavy (non-hydrogen) atoms. The lowest BCUT2D eigenvalue weighted by Crippen LogP contribution is -2.20. The largest absolute Gasteiger partial charge is 0.366 e. The quantitative estimate of drug-likeness (QED) is 0.876. The second-order valence-electron chi connectivity index (χ2n) is 4.06. The van der Waals surface area contributed by atoms with Crippen LogP contribution in [-0.2, 0) is 13.6 Å². The number of anilines is 1. The van der Waals surface area contributed by atoms with Crippen LogP contribution in [0.2, 0.25) is 0 Å². The van der Waals surface area contributed by atoms with E-state index in [1.807, 2.05) is 48.0 Å². The van der Waals surface area contributed by atoms with E-state index in [-0.39, 0.29) is 0 Å². The van der Waals surface area contributed by atoms with Crippen LogP contribution < -0.4 is 4.90 Å². The van der Waals surface area contributed by atoms with Gasteiger partial charge in [-0.25, -0.2) is 4.98 Å². The third-order valence-corrected chi connectivity index (χ3v) is 3.48. The number of aromatic nitrogens is 2. The first-order valence-corrected chi connectivity index (χ1v) is 6.28. The Morgan fingerprint density at radius 1 is 1.50 bits per heavy atom. The first-order chi connectivity index (χ1) is 8.63. The third-order valence-electron chi connectivity index (χ3n) is 2.81. The van der Waals surface area contributed by atoms with Crippen molar-refractivity contribution in [2.75, 3.05) is 11.9 Å². The normalized spacial score (nSPS) is 10.1. The Morgan fingerprint density at radius 3 is 2.89 bits per heavy atom. The molecule has 0 atom stereocenters. The van der Waals surface area contributed by atoms with Gasteiger partial charge in [0.25, 0.3) is 0 Å². The van der Waals surface area contributed by atoms with Crippen molar-refractivity contribution in [3.05, 3.63) is 46.5 Å². The lowest BCUT2D eigenvalue weighted by molar-refractivity contribution is 0.761. The van der Waals surface area contributed by atoms with Crippen molar-refractivity contribution in [3.8, 4) is 6.07 Å². The number of benzene rings is 1. The van der Waals surface area contributed by atoms with Crippen molar-refractivity contribution in [3.63, 3.8) is 0 Å². The molecule has 0 aliphatic rings. The van der Waals surface area contributed by atoms with Gasteiger partial charge < -0.3 is 9.47 Å². The molecule has 0 radical (unpaired) electrons. The Kier molecular flexibility index (Phi) is 3.68. The van der Waals surface area contributed by atoms with Crippen LogP contribution in [0.5, 0.6) is 0 Å². The Balaban J connectivity index is 2.30. The van der Waals surface area contributed by atoms with Crippen molar-refractivity contribution >= 4 is 21.6 Å². The summed E-state index contributed by atoms with van der Waals surface area (Å²) in [5.74, 6) is 0.960. The summed E-state index contributed by atoms with van der Waals surface area (Å²) in [6, 6.07) is 7.96. The maximum Gasteiger partial charge on any atom is 0.127 e. The van der Waals surface area contributed by atoms with Gasteiger partial charge in [0, 0.05) is 31.0 Å². The highest BCUT2D eigenvalue weighted by Gasteiger charge is 2.12. The van der Waals surface area contributed by atoms with Crippen LogP contribution in [0.15, 0.2) is 35.1 Å². The fourth-order valence-corrected chi connectivity index (χ4v) is 2.23. The minimum Gasteiger partial charge on any atom is -0.366 e. The number of nitrogens with zero attached hydrogens (tertiary/aromatic N) is 4. The molecule has 4 nitrogen and oxygen atoms in total. The van der Waals surface area contributed by atoms with Gasteiger partial charge in [-0.1, -0.05) is 6.07 Å². The molecular formula is C13H13BrN4. The van der Waals surface area contributed by atoms with E-state index in [2.05, 4.69) is 27.0 Å². The zero-order valence-corrected chi connectivity index (χ0v) is 11.8. The van der Waals surface area contributed by atoms with E-state index in [0.717, 1.165) is 16.0 Å².